The molecule has 1 N–H and O–H groups in total. The van der Waals surface area contributed by atoms with Gasteiger partial charge in [0.2, 0.25) is 5.95 Å². The van der Waals surface area contributed by atoms with E-state index in [1.165, 1.54) is 20.0 Å². The molecule has 0 radical (unpaired) electrons. The maximum absolute atomic E-state index is 11.6. The fourth-order valence-electron chi connectivity index (χ4n) is 3.54. The number of carbonyl (C=O) groups excluding carboxylic acids is 1. The highest BCUT2D eigenvalue weighted by molar-refractivity contribution is 5.89. The Morgan fingerprint density at radius 2 is 1.68 bits per heavy atom. The lowest BCUT2D eigenvalue weighted by atomic mass is 10.2. The van der Waals surface area contributed by atoms with Crippen LogP contribution in [0.3, 0.4) is 0 Å². The number of nitrogens with zero attached hydrogens (tertiary/aromatic N) is 4. The van der Waals surface area contributed by atoms with Crippen LogP contribution in [-0.4, -0.2) is 40.7 Å². The number of fused-ring (bicyclic) bond motifs is 1. The first-order valence-corrected chi connectivity index (χ1v) is 11.2. The normalized spacial score (nSPS) is 11.0. The Labute approximate surface area is 184 Å². The van der Waals surface area contributed by atoms with Crippen LogP contribution in [0.15, 0.2) is 36.4 Å². The summed E-state index contributed by atoms with van der Waals surface area (Å²) in [6.45, 7) is 9.32. The molecule has 2 heterocycles. The van der Waals surface area contributed by atoms with Crippen LogP contribution in [0.2, 0.25) is 0 Å². The number of aryl methyl sites for hydroxylation is 1. The molecule has 0 unspecified atom stereocenters. The number of benzene rings is 1. The number of esters is 1. The predicted octanol–water partition coefficient (Wildman–Crippen LogP) is 5.39. The predicted molar refractivity (Wildman–Crippen MR) is 126 cm³/mol. The number of anilines is 3. The molecule has 7 nitrogen and oxygen atoms in total. The molecule has 1 aromatic carbocycles. The molecular formula is C24H33N5O2. The number of hydrogen-bond donors (Lipinski definition) is 1. The zero-order valence-electron chi connectivity index (χ0n) is 19.0. The van der Waals surface area contributed by atoms with Gasteiger partial charge in [-0.2, -0.15) is 0 Å². The third-order valence-electron chi connectivity index (χ3n) is 5.34. The van der Waals surface area contributed by atoms with Gasteiger partial charge in [-0.1, -0.05) is 26.7 Å². The summed E-state index contributed by atoms with van der Waals surface area (Å²) in [5, 5.41) is 3.36. The molecule has 0 aliphatic heterocycles. The van der Waals surface area contributed by atoms with Crippen LogP contribution in [0.25, 0.3) is 11.2 Å². The second kappa shape index (κ2) is 10.8. The van der Waals surface area contributed by atoms with Gasteiger partial charge in [0.1, 0.15) is 11.3 Å². The van der Waals surface area contributed by atoms with Gasteiger partial charge in [0.05, 0.1) is 12.7 Å². The van der Waals surface area contributed by atoms with Crippen LogP contribution in [-0.2, 0) is 11.3 Å². The van der Waals surface area contributed by atoms with Crippen molar-refractivity contribution in [2.24, 2.45) is 0 Å². The van der Waals surface area contributed by atoms with Crippen LogP contribution < -0.4 is 10.2 Å². The molecule has 0 spiro atoms. The van der Waals surface area contributed by atoms with E-state index >= 15 is 0 Å². The summed E-state index contributed by atoms with van der Waals surface area (Å²) in [5.74, 6) is 1.40. The van der Waals surface area contributed by atoms with Crippen LogP contribution in [0.1, 0.15) is 56.8 Å². The van der Waals surface area contributed by atoms with Crippen molar-refractivity contribution in [2.75, 3.05) is 30.4 Å². The monoisotopic (exact) mass is 423 g/mol. The zero-order valence-corrected chi connectivity index (χ0v) is 19.0. The van der Waals surface area contributed by atoms with E-state index in [9.17, 15) is 4.79 Å². The highest BCUT2D eigenvalue weighted by Crippen LogP contribution is 2.25. The number of unbranched alkanes of at least 4 members (excludes halogenated alkanes) is 2. The Bertz CT molecular complexity index is 989. The van der Waals surface area contributed by atoms with Crippen molar-refractivity contribution < 1.29 is 9.53 Å². The fourth-order valence-corrected chi connectivity index (χ4v) is 3.54. The first kappa shape index (κ1) is 22.6. The highest BCUT2D eigenvalue weighted by atomic mass is 16.5. The quantitative estimate of drug-likeness (QED) is 0.417. The molecule has 3 rings (SSSR count). The van der Waals surface area contributed by atoms with Crippen molar-refractivity contribution in [1.29, 1.82) is 0 Å². The molecule has 0 fully saturated rings. The van der Waals surface area contributed by atoms with Crippen LogP contribution in [0.4, 0.5) is 17.5 Å². The lowest BCUT2D eigenvalue weighted by Crippen LogP contribution is -2.26. The summed E-state index contributed by atoms with van der Waals surface area (Å²) in [5.41, 5.74) is 3.12. The molecule has 0 saturated carbocycles. The number of methoxy groups -OCH3 is 1. The van der Waals surface area contributed by atoms with E-state index in [1.807, 2.05) is 12.1 Å². The van der Waals surface area contributed by atoms with Crippen molar-refractivity contribution in [1.82, 2.24) is 14.5 Å². The van der Waals surface area contributed by atoms with Gasteiger partial charge in [-0.05, 0) is 56.2 Å². The first-order chi connectivity index (χ1) is 15.1. The Morgan fingerprint density at radius 1 is 1.00 bits per heavy atom. The summed E-state index contributed by atoms with van der Waals surface area (Å²) >= 11 is 0. The Balaban J connectivity index is 1.88. The molecular weight excluding hydrogens is 390 g/mol. The number of pyridine rings is 1. The van der Waals surface area contributed by atoms with Crippen molar-refractivity contribution >= 4 is 34.6 Å². The summed E-state index contributed by atoms with van der Waals surface area (Å²) in [6, 6.07) is 11.3. The fraction of sp³-hybridized carbons (Fsp3) is 0.458. The van der Waals surface area contributed by atoms with Gasteiger partial charge in [0, 0.05) is 25.3 Å². The van der Waals surface area contributed by atoms with Crippen LogP contribution in [0, 0.1) is 0 Å². The first-order valence-electron chi connectivity index (χ1n) is 11.2. The second-order valence-electron chi connectivity index (χ2n) is 7.58. The van der Waals surface area contributed by atoms with Crippen molar-refractivity contribution in [3.8, 4) is 0 Å². The second-order valence-corrected chi connectivity index (χ2v) is 7.58. The largest absolute Gasteiger partial charge is 0.465 e. The molecule has 0 saturated heterocycles. The SMILES string of the molecule is CCCCN(CCCC)c1ccc2nc(Nc3ccc(C(=O)OC)cc3)n(CC)c2n1. The lowest BCUT2D eigenvalue weighted by molar-refractivity contribution is 0.0601. The Morgan fingerprint density at radius 3 is 2.26 bits per heavy atom. The number of hydrogen-bond acceptors (Lipinski definition) is 6. The number of rotatable bonds is 11. The molecule has 2 aromatic heterocycles. The average molecular weight is 424 g/mol. The van der Waals surface area contributed by atoms with Gasteiger partial charge >= 0.3 is 5.97 Å². The standard InChI is InChI=1S/C24H33N5O2/c1-5-8-16-28(17-9-6-2)21-15-14-20-22(27-21)29(7-3)24(26-20)25-19-12-10-18(11-13-19)23(30)31-4/h10-15H,5-9,16-17H2,1-4H3,(H,25,26). The number of ether oxygens (including phenoxy) is 1. The molecule has 0 amide bonds. The molecule has 7 heteroatoms. The topological polar surface area (TPSA) is 72.3 Å². The summed E-state index contributed by atoms with van der Waals surface area (Å²) in [6.07, 6.45) is 4.65. The minimum absolute atomic E-state index is 0.347. The zero-order chi connectivity index (χ0) is 22.2. The van der Waals surface area contributed by atoms with E-state index < -0.39 is 0 Å². The maximum Gasteiger partial charge on any atom is 0.337 e. The molecule has 0 aliphatic rings. The van der Waals surface area contributed by atoms with E-state index in [1.54, 1.807) is 12.1 Å². The number of imidazole rings is 1. The van der Waals surface area contributed by atoms with E-state index in [4.69, 9.17) is 14.7 Å². The van der Waals surface area contributed by atoms with Gasteiger partial charge in [-0.3, -0.25) is 4.57 Å². The summed E-state index contributed by atoms with van der Waals surface area (Å²) in [7, 11) is 1.38. The van der Waals surface area contributed by atoms with Crippen molar-refractivity contribution in [3.63, 3.8) is 0 Å². The maximum atomic E-state index is 11.6. The molecule has 3 aromatic rings. The summed E-state index contributed by atoms with van der Waals surface area (Å²) in [4.78, 5) is 23.8. The molecule has 0 bridgehead atoms. The van der Waals surface area contributed by atoms with Crippen molar-refractivity contribution in [3.05, 3.63) is 42.0 Å². The van der Waals surface area contributed by atoms with E-state index in [0.29, 0.717) is 5.56 Å². The third-order valence-corrected chi connectivity index (χ3v) is 5.34. The molecule has 166 valence electrons. The number of aromatic nitrogens is 3. The Hall–Kier alpha value is -3.09. The minimum atomic E-state index is -0.347. The molecule has 0 atom stereocenters. The molecule has 0 aliphatic carbocycles. The van der Waals surface area contributed by atoms with Crippen LogP contribution >= 0.6 is 0 Å². The van der Waals surface area contributed by atoms with Gasteiger partial charge in [-0.25, -0.2) is 14.8 Å². The summed E-state index contributed by atoms with van der Waals surface area (Å²) < 4.78 is 6.85. The minimum Gasteiger partial charge on any atom is -0.465 e. The van der Waals surface area contributed by atoms with Gasteiger partial charge in [0.25, 0.3) is 0 Å². The highest BCUT2D eigenvalue weighted by Gasteiger charge is 2.15. The van der Waals surface area contributed by atoms with E-state index in [2.05, 4.69) is 47.7 Å². The van der Waals surface area contributed by atoms with Crippen molar-refractivity contribution in [2.45, 2.75) is 53.0 Å². The van der Waals surface area contributed by atoms with Gasteiger partial charge in [0.15, 0.2) is 5.65 Å². The molecule has 31 heavy (non-hydrogen) atoms. The smallest absolute Gasteiger partial charge is 0.337 e. The Kier molecular flexibility index (Phi) is 7.87. The lowest BCUT2D eigenvalue weighted by Gasteiger charge is -2.23. The van der Waals surface area contributed by atoms with Crippen LogP contribution in [0.5, 0.6) is 0 Å². The number of carbonyl (C=O) groups is 1. The van der Waals surface area contributed by atoms with E-state index in [0.717, 1.165) is 61.1 Å². The average Bonchev–Trinajstić information content (AvgIpc) is 3.15. The van der Waals surface area contributed by atoms with Gasteiger partial charge < -0.3 is 15.0 Å². The third kappa shape index (κ3) is 5.34. The van der Waals surface area contributed by atoms with Gasteiger partial charge in [-0.15, -0.1) is 0 Å². The number of nitrogens with one attached hydrogen (secondary N) is 1. The van der Waals surface area contributed by atoms with E-state index in [-0.39, 0.29) is 5.97 Å².